The summed E-state index contributed by atoms with van der Waals surface area (Å²) in [7, 11) is 0. The van der Waals surface area contributed by atoms with Crippen molar-refractivity contribution in [2.24, 2.45) is 11.5 Å². The first-order valence-corrected chi connectivity index (χ1v) is 11.2. The number of amides is 3. The number of unbranched alkanes of at least 4 members (excludes halogenated alkanes) is 1. The van der Waals surface area contributed by atoms with Gasteiger partial charge in [0.25, 0.3) is 0 Å². The van der Waals surface area contributed by atoms with E-state index in [9.17, 15) is 24.3 Å². The molecule has 2 saturated heterocycles. The van der Waals surface area contributed by atoms with E-state index in [1.165, 1.54) is 9.80 Å². The summed E-state index contributed by atoms with van der Waals surface area (Å²) < 4.78 is 0. The molecule has 0 aromatic heterocycles. The van der Waals surface area contributed by atoms with Crippen molar-refractivity contribution in [1.82, 2.24) is 15.1 Å². The fourth-order valence-electron chi connectivity index (χ4n) is 4.07. The Hall–Kier alpha value is -1.85. The zero-order valence-corrected chi connectivity index (χ0v) is 18.1. The first kappa shape index (κ1) is 24.4. The number of carbonyl (C=O) groups is 4. The van der Waals surface area contributed by atoms with E-state index < -0.39 is 42.0 Å². The van der Waals surface area contributed by atoms with Crippen LogP contribution in [-0.2, 0) is 19.2 Å². The molecule has 4 atom stereocenters. The van der Waals surface area contributed by atoms with Crippen LogP contribution in [0.4, 0.5) is 0 Å². The molecule has 0 radical (unpaired) electrons. The minimum atomic E-state index is -1.03. The highest BCUT2D eigenvalue weighted by Gasteiger charge is 2.43. The van der Waals surface area contributed by atoms with Gasteiger partial charge in [-0.1, -0.05) is 6.42 Å². The second-order valence-corrected chi connectivity index (χ2v) is 8.22. The van der Waals surface area contributed by atoms with E-state index in [1.807, 2.05) is 0 Å². The molecule has 0 bridgehead atoms. The number of carbonyl (C=O) groups excluding carboxylic acids is 3. The third-order valence-corrected chi connectivity index (χ3v) is 6.11. The first-order chi connectivity index (χ1) is 14.3. The summed E-state index contributed by atoms with van der Waals surface area (Å²) in [4.78, 5) is 52.6. The molecular weight excluding hydrogens is 410 g/mol. The third-order valence-electron chi connectivity index (χ3n) is 5.75. The van der Waals surface area contributed by atoms with Crippen LogP contribution in [0.3, 0.4) is 0 Å². The van der Waals surface area contributed by atoms with Crippen molar-refractivity contribution in [3.8, 4) is 0 Å². The van der Waals surface area contributed by atoms with Crippen molar-refractivity contribution in [2.45, 2.75) is 69.1 Å². The fraction of sp³-hybridized carbons (Fsp3) is 0.789. The Balaban J connectivity index is 2.01. The minimum Gasteiger partial charge on any atom is -0.480 e. The largest absolute Gasteiger partial charge is 0.480 e. The van der Waals surface area contributed by atoms with E-state index in [0.717, 1.165) is 6.42 Å². The Morgan fingerprint density at radius 1 is 1.07 bits per heavy atom. The summed E-state index contributed by atoms with van der Waals surface area (Å²) >= 11 is 4.19. The van der Waals surface area contributed by atoms with Gasteiger partial charge in [-0.15, -0.1) is 0 Å². The molecule has 2 aliphatic rings. The van der Waals surface area contributed by atoms with Gasteiger partial charge in [-0.05, 0) is 45.1 Å². The van der Waals surface area contributed by atoms with Crippen LogP contribution in [-0.4, -0.2) is 88.2 Å². The minimum absolute atomic E-state index is 0.0684. The van der Waals surface area contributed by atoms with Crippen molar-refractivity contribution in [1.29, 1.82) is 0 Å². The van der Waals surface area contributed by atoms with Crippen LogP contribution in [0, 0.1) is 0 Å². The van der Waals surface area contributed by atoms with Crippen LogP contribution < -0.4 is 16.8 Å². The lowest BCUT2D eigenvalue weighted by molar-refractivity contribution is -0.152. The van der Waals surface area contributed by atoms with Crippen molar-refractivity contribution in [3.63, 3.8) is 0 Å². The molecule has 3 amide bonds. The molecule has 2 rings (SSSR count). The van der Waals surface area contributed by atoms with Crippen molar-refractivity contribution < 1.29 is 24.3 Å². The lowest BCUT2D eigenvalue weighted by atomic mass is 10.1. The number of thiol groups is 1. The second kappa shape index (κ2) is 11.5. The van der Waals surface area contributed by atoms with Gasteiger partial charge in [0.1, 0.15) is 18.1 Å². The molecule has 10 nitrogen and oxygen atoms in total. The smallest absolute Gasteiger partial charge is 0.326 e. The van der Waals surface area contributed by atoms with Crippen LogP contribution in [0.2, 0.25) is 0 Å². The highest BCUT2D eigenvalue weighted by atomic mass is 32.1. The molecule has 0 aliphatic carbocycles. The third kappa shape index (κ3) is 5.86. The molecule has 6 N–H and O–H groups in total. The highest BCUT2D eigenvalue weighted by molar-refractivity contribution is 7.80. The molecule has 2 fully saturated rings. The zero-order valence-electron chi connectivity index (χ0n) is 17.2. The molecule has 2 aliphatic heterocycles. The molecular formula is C19H33N5O5S. The van der Waals surface area contributed by atoms with E-state index in [0.29, 0.717) is 58.2 Å². The Morgan fingerprint density at radius 3 is 2.30 bits per heavy atom. The number of nitrogens with zero attached hydrogens (tertiary/aromatic N) is 2. The summed E-state index contributed by atoms with van der Waals surface area (Å²) in [5.41, 5.74) is 11.3. The van der Waals surface area contributed by atoms with Crippen LogP contribution in [0.5, 0.6) is 0 Å². The number of hydrogen-bond donors (Lipinski definition) is 5. The number of rotatable bonds is 10. The molecule has 2 heterocycles. The average Bonchev–Trinajstić information content (AvgIpc) is 3.40. The monoisotopic (exact) mass is 443 g/mol. The van der Waals surface area contributed by atoms with E-state index in [-0.39, 0.29) is 11.7 Å². The summed E-state index contributed by atoms with van der Waals surface area (Å²) in [5, 5.41) is 12.0. The van der Waals surface area contributed by atoms with Gasteiger partial charge in [0.15, 0.2) is 0 Å². The van der Waals surface area contributed by atoms with Crippen LogP contribution >= 0.6 is 12.6 Å². The Labute approximate surface area is 182 Å². The van der Waals surface area contributed by atoms with Gasteiger partial charge in [-0.3, -0.25) is 14.4 Å². The number of hydrogen-bond acceptors (Lipinski definition) is 7. The molecule has 4 unspecified atom stereocenters. The predicted molar refractivity (Wildman–Crippen MR) is 114 cm³/mol. The molecule has 11 heteroatoms. The average molecular weight is 444 g/mol. The van der Waals surface area contributed by atoms with Gasteiger partial charge in [-0.25, -0.2) is 4.79 Å². The van der Waals surface area contributed by atoms with Crippen molar-refractivity contribution in [3.05, 3.63) is 0 Å². The number of likely N-dealkylation sites (tertiary alicyclic amines) is 2. The van der Waals surface area contributed by atoms with E-state index in [2.05, 4.69) is 17.9 Å². The second-order valence-electron chi connectivity index (χ2n) is 7.85. The first-order valence-electron chi connectivity index (χ1n) is 10.5. The molecule has 0 aromatic carbocycles. The van der Waals surface area contributed by atoms with E-state index in [4.69, 9.17) is 11.5 Å². The Bertz CT molecular complexity index is 649. The number of nitrogens with one attached hydrogen (secondary N) is 1. The summed E-state index contributed by atoms with van der Waals surface area (Å²) in [6.45, 7) is 1.28. The maximum Gasteiger partial charge on any atom is 0.326 e. The molecule has 170 valence electrons. The highest BCUT2D eigenvalue weighted by Crippen LogP contribution is 2.25. The maximum atomic E-state index is 13.1. The van der Waals surface area contributed by atoms with Crippen LogP contribution in [0.25, 0.3) is 0 Å². The van der Waals surface area contributed by atoms with Gasteiger partial charge < -0.3 is 31.7 Å². The fourth-order valence-corrected chi connectivity index (χ4v) is 4.32. The number of carboxylic acid groups (broad SMARTS) is 1. The van der Waals surface area contributed by atoms with E-state index >= 15 is 0 Å². The summed E-state index contributed by atoms with van der Waals surface area (Å²) in [6.07, 6.45) is 4.10. The molecule has 0 spiro atoms. The Kier molecular flexibility index (Phi) is 9.37. The van der Waals surface area contributed by atoms with Crippen LogP contribution in [0.15, 0.2) is 0 Å². The number of aliphatic carboxylic acids is 1. The van der Waals surface area contributed by atoms with Gasteiger partial charge in [0.2, 0.25) is 17.7 Å². The zero-order chi connectivity index (χ0) is 22.3. The summed E-state index contributed by atoms with van der Waals surface area (Å²) in [5.74, 6) is -2.13. The SMILES string of the molecule is NCCCCC(N)C(=O)NC(CS)C(=O)N1CCCC1C(=O)N1CCCC1C(=O)O. The van der Waals surface area contributed by atoms with Crippen molar-refractivity contribution in [2.75, 3.05) is 25.4 Å². The van der Waals surface area contributed by atoms with Gasteiger partial charge in [0.05, 0.1) is 6.04 Å². The number of nitrogens with two attached hydrogens (primary N) is 2. The standard InChI is InChI=1S/C19H33N5O5S/c20-8-2-1-5-12(21)16(25)22-13(11-30)17(26)23-9-3-6-14(23)18(27)24-10-4-7-15(24)19(28)29/h12-15,30H,1-11,20-21H2,(H,22,25)(H,28,29). The predicted octanol–water partition coefficient (Wildman–Crippen LogP) is -1.08. The van der Waals surface area contributed by atoms with Crippen molar-refractivity contribution >= 4 is 36.3 Å². The summed E-state index contributed by atoms with van der Waals surface area (Å²) in [6, 6.07) is -3.20. The van der Waals surface area contributed by atoms with Gasteiger partial charge >= 0.3 is 5.97 Å². The topological polar surface area (TPSA) is 159 Å². The Morgan fingerprint density at radius 2 is 1.70 bits per heavy atom. The van der Waals surface area contributed by atoms with Gasteiger partial charge in [-0.2, -0.15) is 12.6 Å². The lowest BCUT2D eigenvalue weighted by Gasteiger charge is -2.32. The van der Waals surface area contributed by atoms with Crippen LogP contribution in [0.1, 0.15) is 44.9 Å². The lowest BCUT2D eigenvalue weighted by Crippen LogP contribution is -2.57. The van der Waals surface area contributed by atoms with E-state index in [1.54, 1.807) is 0 Å². The quantitative estimate of drug-likeness (QED) is 0.212. The number of carboxylic acids is 1. The molecule has 0 aromatic rings. The normalized spacial score (nSPS) is 23.3. The molecule has 30 heavy (non-hydrogen) atoms. The van der Waals surface area contributed by atoms with Gasteiger partial charge in [0, 0.05) is 18.8 Å². The maximum absolute atomic E-state index is 13.1. The molecule has 0 saturated carbocycles.